The van der Waals surface area contributed by atoms with E-state index in [2.05, 4.69) is 42.3 Å². The molecule has 1 aromatic rings. The topological polar surface area (TPSA) is 58.6 Å². The van der Waals surface area contributed by atoms with Crippen molar-refractivity contribution in [3.63, 3.8) is 0 Å². The van der Waals surface area contributed by atoms with E-state index in [1.165, 1.54) is 43.5 Å². The summed E-state index contributed by atoms with van der Waals surface area (Å²) in [5.74, 6) is 2.27. The SMILES string of the molecule is CCNC(=O)C1CC(=O)C2(C)CCC3c4ccc(OCCCCN5CCC[C@H]5C)cc4CCC3C12. The van der Waals surface area contributed by atoms with Crippen LogP contribution in [0.25, 0.3) is 0 Å². The lowest BCUT2D eigenvalue weighted by atomic mass is 9.54. The molecular weight excluding hydrogens is 436 g/mol. The molecule has 6 atom stereocenters. The van der Waals surface area contributed by atoms with Crippen molar-refractivity contribution in [2.45, 2.75) is 90.5 Å². The second kappa shape index (κ2) is 10.2. The maximum atomic E-state index is 13.1. The molecule has 192 valence electrons. The van der Waals surface area contributed by atoms with Crippen molar-refractivity contribution in [2.75, 3.05) is 26.2 Å². The lowest BCUT2D eigenvalue weighted by molar-refractivity contribution is -0.130. The van der Waals surface area contributed by atoms with Crippen LogP contribution in [0.1, 0.15) is 89.2 Å². The number of hydrogen-bond donors (Lipinski definition) is 1. The number of nitrogens with zero attached hydrogens (tertiary/aromatic N) is 1. The van der Waals surface area contributed by atoms with Crippen LogP contribution in [0.3, 0.4) is 0 Å². The van der Waals surface area contributed by atoms with Crippen molar-refractivity contribution in [3.05, 3.63) is 29.3 Å². The zero-order chi connectivity index (χ0) is 24.6. The Morgan fingerprint density at radius 2 is 2.09 bits per heavy atom. The first kappa shape index (κ1) is 24.8. The first-order valence-electron chi connectivity index (χ1n) is 14.2. The Bertz CT molecular complexity index is 946. The van der Waals surface area contributed by atoms with Gasteiger partial charge in [0.15, 0.2) is 0 Å². The number of carbonyl (C=O) groups is 2. The van der Waals surface area contributed by atoms with E-state index < -0.39 is 0 Å². The monoisotopic (exact) mass is 480 g/mol. The normalized spacial score (nSPS) is 34.3. The van der Waals surface area contributed by atoms with Crippen LogP contribution in [0.2, 0.25) is 0 Å². The summed E-state index contributed by atoms with van der Waals surface area (Å²) >= 11 is 0. The van der Waals surface area contributed by atoms with E-state index in [1.54, 1.807) is 0 Å². The number of amides is 1. The maximum Gasteiger partial charge on any atom is 0.223 e. The van der Waals surface area contributed by atoms with Crippen LogP contribution in [0, 0.1) is 23.2 Å². The second-order valence-electron chi connectivity index (χ2n) is 11.9. The highest BCUT2D eigenvalue weighted by molar-refractivity contribution is 5.94. The fourth-order valence-corrected chi connectivity index (χ4v) is 8.02. The van der Waals surface area contributed by atoms with Crippen molar-refractivity contribution < 1.29 is 14.3 Å². The van der Waals surface area contributed by atoms with Gasteiger partial charge in [-0.25, -0.2) is 0 Å². The molecule has 1 heterocycles. The number of nitrogens with one attached hydrogen (secondary N) is 1. The van der Waals surface area contributed by atoms with Gasteiger partial charge in [-0.3, -0.25) is 9.59 Å². The van der Waals surface area contributed by atoms with Gasteiger partial charge in [-0.1, -0.05) is 13.0 Å². The van der Waals surface area contributed by atoms with Crippen molar-refractivity contribution in [3.8, 4) is 5.75 Å². The lowest BCUT2D eigenvalue weighted by Crippen LogP contribution is -2.46. The molecule has 5 rings (SSSR count). The van der Waals surface area contributed by atoms with Crippen molar-refractivity contribution in [1.82, 2.24) is 10.2 Å². The summed E-state index contributed by atoms with van der Waals surface area (Å²) in [6.07, 6.45) is 9.45. The van der Waals surface area contributed by atoms with Crippen LogP contribution >= 0.6 is 0 Å². The molecule has 5 nitrogen and oxygen atoms in total. The van der Waals surface area contributed by atoms with Crippen molar-refractivity contribution in [1.29, 1.82) is 0 Å². The third-order valence-corrected chi connectivity index (χ3v) is 9.91. The molecule has 0 radical (unpaired) electrons. The molecule has 2 saturated carbocycles. The quantitative estimate of drug-likeness (QED) is 0.525. The van der Waals surface area contributed by atoms with Gasteiger partial charge in [-0.2, -0.15) is 0 Å². The van der Waals surface area contributed by atoms with Crippen molar-refractivity contribution >= 4 is 11.7 Å². The Kier molecular flexibility index (Phi) is 7.25. The van der Waals surface area contributed by atoms with Gasteiger partial charge >= 0.3 is 0 Å². The molecule has 5 heteroatoms. The molecule has 1 N–H and O–H groups in total. The predicted molar refractivity (Wildman–Crippen MR) is 139 cm³/mol. The number of aryl methyl sites for hydroxylation is 1. The Morgan fingerprint density at radius 1 is 1.23 bits per heavy atom. The van der Waals surface area contributed by atoms with Gasteiger partial charge in [-0.15, -0.1) is 0 Å². The smallest absolute Gasteiger partial charge is 0.223 e. The van der Waals surface area contributed by atoms with Gasteiger partial charge in [0, 0.05) is 30.3 Å². The standard InChI is InChI=1S/C30H44N2O3/c1-4-31-29(34)26-19-27(33)30(3)14-13-24-23-12-10-22(18-21(23)9-11-25(24)28(26)30)35-17-6-5-15-32-16-7-8-20(32)2/h10,12,18,20,24-26,28H,4-9,11,13-17,19H2,1-3H3,(H,31,34)/t20-,24?,25?,26?,28?,30?/m1/s1. The Balaban J connectivity index is 1.22. The average molecular weight is 481 g/mol. The molecule has 0 spiro atoms. The number of unbranched alkanes of at least 4 members (excludes halogenated alkanes) is 1. The molecule has 5 unspecified atom stereocenters. The van der Waals surface area contributed by atoms with Crippen molar-refractivity contribution in [2.24, 2.45) is 23.2 Å². The highest BCUT2D eigenvalue weighted by Crippen LogP contribution is 2.61. The fourth-order valence-electron chi connectivity index (χ4n) is 8.02. The molecule has 1 amide bonds. The predicted octanol–water partition coefficient (Wildman–Crippen LogP) is 5.12. The first-order valence-corrected chi connectivity index (χ1v) is 14.2. The molecule has 3 aliphatic carbocycles. The van der Waals surface area contributed by atoms with Gasteiger partial charge in [0.05, 0.1) is 6.61 Å². The van der Waals surface area contributed by atoms with E-state index in [4.69, 9.17) is 4.74 Å². The fraction of sp³-hybridized carbons (Fsp3) is 0.733. The van der Waals surface area contributed by atoms with Crippen LogP contribution < -0.4 is 10.1 Å². The molecule has 4 aliphatic rings. The van der Waals surface area contributed by atoms with Gasteiger partial charge in [0.2, 0.25) is 5.91 Å². The third kappa shape index (κ3) is 4.65. The molecule has 1 saturated heterocycles. The maximum absolute atomic E-state index is 13.1. The molecule has 35 heavy (non-hydrogen) atoms. The van der Waals surface area contributed by atoms with Gasteiger partial charge in [0.1, 0.15) is 11.5 Å². The largest absolute Gasteiger partial charge is 0.494 e. The number of ether oxygens (including phenoxy) is 1. The number of benzene rings is 1. The summed E-state index contributed by atoms with van der Waals surface area (Å²) in [6, 6.07) is 7.45. The molecule has 1 aliphatic heterocycles. The Labute approximate surface area is 211 Å². The third-order valence-electron chi connectivity index (χ3n) is 9.91. The minimum atomic E-state index is -0.329. The van der Waals surface area contributed by atoms with Crippen LogP contribution in [0.15, 0.2) is 18.2 Å². The molecule has 0 bridgehead atoms. The Hall–Kier alpha value is -1.88. The number of likely N-dealkylation sites (tertiary alicyclic amines) is 1. The second-order valence-corrected chi connectivity index (χ2v) is 11.9. The molecule has 1 aromatic carbocycles. The van der Waals surface area contributed by atoms with Gasteiger partial charge < -0.3 is 15.0 Å². The molecule has 0 aromatic heterocycles. The number of carbonyl (C=O) groups excluding carboxylic acids is 2. The highest BCUT2D eigenvalue weighted by Gasteiger charge is 2.60. The van der Waals surface area contributed by atoms with Crippen LogP contribution in [-0.2, 0) is 16.0 Å². The average Bonchev–Trinajstić information content (AvgIpc) is 3.38. The first-order chi connectivity index (χ1) is 16.9. The van der Waals surface area contributed by atoms with Crippen LogP contribution in [0.5, 0.6) is 5.75 Å². The highest BCUT2D eigenvalue weighted by atomic mass is 16.5. The summed E-state index contributed by atoms with van der Waals surface area (Å²) in [5.41, 5.74) is 2.52. The van der Waals surface area contributed by atoms with Gasteiger partial charge in [0.25, 0.3) is 0 Å². The zero-order valence-corrected chi connectivity index (χ0v) is 22.0. The number of Topliss-reactive ketones (excluding diaryl/α,β-unsaturated/α-hetero) is 1. The minimum Gasteiger partial charge on any atom is -0.494 e. The number of hydrogen-bond acceptors (Lipinski definition) is 4. The van der Waals surface area contributed by atoms with E-state index in [9.17, 15) is 9.59 Å². The van der Waals surface area contributed by atoms with E-state index in [0.29, 0.717) is 30.6 Å². The summed E-state index contributed by atoms with van der Waals surface area (Å²) in [7, 11) is 0. The minimum absolute atomic E-state index is 0.0870. The van der Waals surface area contributed by atoms with Crippen LogP contribution in [0.4, 0.5) is 0 Å². The van der Waals surface area contributed by atoms with E-state index in [1.807, 2.05) is 6.92 Å². The molecule has 3 fully saturated rings. The van der Waals surface area contributed by atoms with Crippen LogP contribution in [-0.4, -0.2) is 48.9 Å². The lowest BCUT2D eigenvalue weighted by Gasteiger charge is -2.49. The number of fused-ring (bicyclic) bond motifs is 5. The van der Waals surface area contributed by atoms with Gasteiger partial charge in [-0.05, 0) is 119 Å². The van der Waals surface area contributed by atoms with E-state index in [0.717, 1.165) is 50.5 Å². The summed E-state index contributed by atoms with van der Waals surface area (Å²) < 4.78 is 6.16. The number of rotatable bonds is 8. The Morgan fingerprint density at radius 3 is 2.86 bits per heavy atom. The summed E-state index contributed by atoms with van der Waals surface area (Å²) in [6.45, 7) is 10.3. The zero-order valence-electron chi connectivity index (χ0n) is 22.0. The van der Waals surface area contributed by atoms with E-state index >= 15 is 0 Å². The summed E-state index contributed by atoms with van der Waals surface area (Å²) in [4.78, 5) is 28.6. The number of ketones is 1. The summed E-state index contributed by atoms with van der Waals surface area (Å²) in [5, 5.41) is 3.02. The molecular formula is C30H44N2O3. The van der Waals surface area contributed by atoms with E-state index in [-0.39, 0.29) is 23.2 Å².